The number of ketones is 1. The van der Waals surface area contributed by atoms with Crippen LogP contribution >= 0.6 is 11.8 Å². The molecule has 228 valence electrons. The van der Waals surface area contributed by atoms with Gasteiger partial charge in [0.25, 0.3) is 5.91 Å². The van der Waals surface area contributed by atoms with Gasteiger partial charge in [0.1, 0.15) is 17.5 Å². The van der Waals surface area contributed by atoms with Gasteiger partial charge in [-0.1, -0.05) is 66.7 Å². The molecule has 1 amide bonds. The highest BCUT2D eigenvalue weighted by atomic mass is 32.2. The molecule has 5 rings (SSSR count). The molecular weight excluding hydrogens is 588 g/mol. The van der Waals surface area contributed by atoms with E-state index in [1.807, 2.05) is 54.8 Å². The van der Waals surface area contributed by atoms with Crippen LogP contribution in [0.4, 0.5) is 8.78 Å². The minimum atomic E-state index is -0.663. The Bertz CT molecular complexity index is 1750. The molecule has 0 saturated carbocycles. The average molecular weight is 622 g/mol. The minimum Gasteiger partial charge on any atom is -0.348 e. The Hall–Kier alpha value is -4.82. The topological polar surface area (TPSA) is 74.8 Å². The summed E-state index contributed by atoms with van der Waals surface area (Å²) in [6, 6.07) is 26.5. The molecule has 45 heavy (non-hydrogen) atoms. The molecule has 8 heteroatoms. The van der Waals surface area contributed by atoms with Gasteiger partial charge in [0.2, 0.25) is 0 Å². The summed E-state index contributed by atoms with van der Waals surface area (Å²) in [6.07, 6.45) is 8.53. The highest BCUT2D eigenvalue weighted by Crippen LogP contribution is 2.29. The maximum absolute atomic E-state index is 13.9. The van der Waals surface area contributed by atoms with E-state index in [4.69, 9.17) is 0 Å². The number of hydrogen-bond acceptors (Lipinski definition) is 4. The molecule has 1 unspecified atom stereocenters. The predicted molar refractivity (Wildman–Crippen MR) is 178 cm³/mol. The number of imidazole rings is 1. The third-order valence-corrected chi connectivity index (χ3v) is 8.08. The SMILES string of the molecule is CSCCC(NC(=O)c1ccc(C=C(Cc2ncc[nH]2)c2ccc(F)cc2)cc1-c1ccc(F)cc1)C(=O)Cc1ccccc1. The Morgan fingerprint density at radius 1 is 0.911 bits per heavy atom. The van der Waals surface area contributed by atoms with Crippen molar-refractivity contribution in [2.45, 2.75) is 25.3 Å². The fraction of sp³-hybridized carbons (Fsp3) is 0.162. The van der Waals surface area contributed by atoms with Crippen molar-refractivity contribution in [1.29, 1.82) is 0 Å². The first kappa shape index (κ1) is 31.6. The van der Waals surface area contributed by atoms with Gasteiger partial charge < -0.3 is 10.3 Å². The number of thioether (sulfide) groups is 1. The summed E-state index contributed by atoms with van der Waals surface area (Å²) in [5.41, 5.74) is 5.01. The Balaban J connectivity index is 1.50. The number of aromatic amines is 1. The molecule has 0 aliphatic heterocycles. The zero-order valence-corrected chi connectivity index (χ0v) is 25.6. The van der Waals surface area contributed by atoms with Gasteiger partial charge in [-0.15, -0.1) is 0 Å². The Labute approximate surface area is 265 Å². The zero-order valence-electron chi connectivity index (χ0n) is 24.8. The number of rotatable bonds is 13. The van der Waals surface area contributed by atoms with Crippen LogP contribution in [-0.2, 0) is 17.6 Å². The lowest BCUT2D eigenvalue weighted by molar-refractivity contribution is -0.120. The fourth-order valence-electron chi connectivity index (χ4n) is 5.10. The monoisotopic (exact) mass is 621 g/mol. The second kappa shape index (κ2) is 15.3. The highest BCUT2D eigenvalue weighted by molar-refractivity contribution is 7.98. The van der Waals surface area contributed by atoms with Crippen molar-refractivity contribution in [3.05, 3.63) is 149 Å². The Morgan fingerprint density at radius 3 is 2.29 bits per heavy atom. The van der Waals surface area contributed by atoms with E-state index in [-0.39, 0.29) is 29.7 Å². The second-order valence-corrected chi connectivity index (χ2v) is 11.6. The quantitative estimate of drug-likeness (QED) is 0.132. The summed E-state index contributed by atoms with van der Waals surface area (Å²) in [6.45, 7) is 0. The molecule has 0 fully saturated rings. The average Bonchev–Trinajstić information content (AvgIpc) is 3.57. The van der Waals surface area contributed by atoms with Crippen LogP contribution in [0.3, 0.4) is 0 Å². The summed E-state index contributed by atoms with van der Waals surface area (Å²) >= 11 is 1.61. The molecule has 0 aliphatic carbocycles. The van der Waals surface area contributed by atoms with E-state index in [0.29, 0.717) is 35.3 Å². The van der Waals surface area contributed by atoms with Gasteiger partial charge >= 0.3 is 0 Å². The van der Waals surface area contributed by atoms with Crippen LogP contribution in [0, 0.1) is 11.6 Å². The van der Waals surface area contributed by atoms with E-state index < -0.39 is 6.04 Å². The number of amides is 1. The smallest absolute Gasteiger partial charge is 0.252 e. The maximum atomic E-state index is 13.9. The summed E-state index contributed by atoms with van der Waals surface area (Å²) in [5.74, 6) is 0.295. The first-order valence-corrected chi connectivity index (χ1v) is 16.0. The minimum absolute atomic E-state index is 0.0617. The van der Waals surface area contributed by atoms with Gasteiger partial charge in [0.05, 0.1) is 6.04 Å². The molecule has 0 spiro atoms. The first-order chi connectivity index (χ1) is 21.9. The molecule has 4 aromatic carbocycles. The van der Waals surface area contributed by atoms with Gasteiger partial charge in [-0.25, -0.2) is 13.8 Å². The molecule has 1 heterocycles. The number of allylic oxidation sites excluding steroid dienone is 1. The van der Waals surface area contributed by atoms with Gasteiger partial charge in [0.15, 0.2) is 5.78 Å². The van der Waals surface area contributed by atoms with Gasteiger partial charge in [-0.2, -0.15) is 11.8 Å². The number of carbonyl (C=O) groups is 2. The molecule has 0 saturated heterocycles. The van der Waals surface area contributed by atoms with Crippen LogP contribution in [0.25, 0.3) is 22.8 Å². The van der Waals surface area contributed by atoms with Crippen molar-refractivity contribution in [1.82, 2.24) is 15.3 Å². The van der Waals surface area contributed by atoms with E-state index in [9.17, 15) is 18.4 Å². The maximum Gasteiger partial charge on any atom is 0.252 e. The fourth-order valence-corrected chi connectivity index (χ4v) is 5.57. The summed E-state index contributed by atoms with van der Waals surface area (Å²) < 4.78 is 27.6. The zero-order chi connectivity index (χ0) is 31.6. The van der Waals surface area contributed by atoms with Crippen LogP contribution in [0.5, 0.6) is 0 Å². The molecule has 0 bridgehead atoms. The lowest BCUT2D eigenvalue weighted by Gasteiger charge is -2.19. The Kier molecular flexibility index (Phi) is 10.7. The number of carbonyl (C=O) groups excluding carboxylic acids is 2. The first-order valence-electron chi connectivity index (χ1n) is 14.6. The number of nitrogens with zero attached hydrogens (tertiary/aromatic N) is 1. The van der Waals surface area contributed by atoms with Crippen LogP contribution < -0.4 is 5.32 Å². The largest absolute Gasteiger partial charge is 0.348 e. The Morgan fingerprint density at radius 2 is 1.62 bits per heavy atom. The summed E-state index contributed by atoms with van der Waals surface area (Å²) in [7, 11) is 0. The van der Waals surface area contributed by atoms with Crippen LogP contribution in [0.2, 0.25) is 0 Å². The van der Waals surface area contributed by atoms with Crippen molar-refractivity contribution < 1.29 is 18.4 Å². The third-order valence-electron chi connectivity index (χ3n) is 7.44. The number of Topliss-reactive ketones (excluding diaryl/α,β-unsaturated/α-hetero) is 1. The number of aromatic nitrogens is 2. The third kappa shape index (κ3) is 8.64. The molecule has 5 nitrogen and oxygen atoms in total. The number of nitrogens with one attached hydrogen (secondary N) is 2. The summed E-state index contributed by atoms with van der Waals surface area (Å²) in [4.78, 5) is 34.6. The standard InChI is InChI=1S/C37H33F2N3O2S/c1-45-20-17-34(35(43)23-25-5-3-2-4-6-25)42-37(44)32-16-7-26(22-33(32)28-10-14-31(39)15-11-28)21-29(24-36-40-18-19-41-36)27-8-12-30(38)13-9-27/h2-16,18-19,21-22,34H,17,20,23-24H2,1H3,(H,40,41)(H,42,44). The number of halogens is 2. The molecule has 0 radical (unpaired) electrons. The van der Waals surface area contributed by atoms with Crippen molar-refractivity contribution >= 4 is 35.1 Å². The van der Waals surface area contributed by atoms with E-state index in [1.54, 1.807) is 54.5 Å². The number of hydrogen-bond donors (Lipinski definition) is 2. The van der Waals surface area contributed by atoms with Crippen molar-refractivity contribution in [3.8, 4) is 11.1 Å². The van der Waals surface area contributed by atoms with Gasteiger partial charge in [-0.3, -0.25) is 9.59 Å². The normalized spacial score (nSPS) is 12.1. The van der Waals surface area contributed by atoms with Crippen molar-refractivity contribution in [3.63, 3.8) is 0 Å². The van der Waals surface area contributed by atoms with Gasteiger partial charge in [0, 0.05) is 30.8 Å². The van der Waals surface area contributed by atoms with E-state index in [2.05, 4.69) is 15.3 Å². The number of benzene rings is 4. The summed E-state index contributed by atoms with van der Waals surface area (Å²) in [5, 5.41) is 2.99. The van der Waals surface area contributed by atoms with E-state index in [0.717, 1.165) is 28.1 Å². The van der Waals surface area contributed by atoms with Crippen molar-refractivity contribution in [2.75, 3.05) is 12.0 Å². The number of H-pyrrole nitrogens is 1. The molecular formula is C37H33F2N3O2S. The molecule has 2 N–H and O–H groups in total. The molecule has 1 atom stereocenters. The highest BCUT2D eigenvalue weighted by Gasteiger charge is 2.23. The lowest BCUT2D eigenvalue weighted by Crippen LogP contribution is -2.42. The van der Waals surface area contributed by atoms with Crippen molar-refractivity contribution in [2.24, 2.45) is 0 Å². The molecule has 5 aromatic rings. The van der Waals surface area contributed by atoms with Gasteiger partial charge in [-0.05, 0) is 88.2 Å². The van der Waals surface area contributed by atoms with E-state index >= 15 is 0 Å². The van der Waals surface area contributed by atoms with Crippen LogP contribution in [0.15, 0.2) is 109 Å². The van der Waals surface area contributed by atoms with E-state index in [1.165, 1.54) is 24.3 Å². The van der Waals surface area contributed by atoms with Crippen LogP contribution in [0.1, 0.15) is 39.3 Å². The molecule has 0 aliphatic rings. The van der Waals surface area contributed by atoms with Crippen LogP contribution in [-0.4, -0.2) is 39.7 Å². The predicted octanol–water partition coefficient (Wildman–Crippen LogP) is 7.80. The second-order valence-electron chi connectivity index (χ2n) is 10.6. The molecule has 1 aromatic heterocycles. The lowest BCUT2D eigenvalue weighted by atomic mass is 9.93.